The Balaban J connectivity index is 1.51. The van der Waals surface area contributed by atoms with Gasteiger partial charge in [-0.3, -0.25) is 9.67 Å². The van der Waals surface area contributed by atoms with Crippen molar-refractivity contribution < 1.29 is 9.33 Å². The van der Waals surface area contributed by atoms with Gasteiger partial charge in [-0.25, -0.2) is 0 Å². The molecule has 2 N–H and O–H groups in total. The number of aryl methyl sites for hydroxylation is 1. The van der Waals surface area contributed by atoms with Gasteiger partial charge in [-0.1, -0.05) is 18.2 Å². The number of hydrogen-bond acceptors (Lipinski definition) is 5. The molecule has 29 heavy (non-hydrogen) atoms. The van der Waals surface area contributed by atoms with E-state index in [2.05, 4.69) is 10.1 Å². The number of fused-ring (bicyclic) bond motifs is 1. The number of amidine groups is 1. The summed E-state index contributed by atoms with van der Waals surface area (Å²) in [6.45, 7) is 0. The van der Waals surface area contributed by atoms with Crippen LogP contribution in [-0.4, -0.2) is 26.4 Å². The van der Waals surface area contributed by atoms with E-state index < -0.39 is 0 Å². The topological polar surface area (TPSA) is 77.8 Å². The zero-order valence-corrected chi connectivity index (χ0v) is 15.8. The Morgan fingerprint density at radius 1 is 0.966 bits per heavy atom. The smallest absolute Gasteiger partial charge is 0.265 e. The summed E-state index contributed by atoms with van der Waals surface area (Å²) < 4.78 is 7.60. The number of nitrogens with zero attached hydrogens (tertiary/aromatic N) is 5. The minimum Gasteiger partial charge on any atom is -0.457 e. The second-order valence-electron chi connectivity index (χ2n) is 6.87. The summed E-state index contributed by atoms with van der Waals surface area (Å²) in [5, 5.41) is 4.26. The molecule has 0 amide bonds. The molecular formula is C22H19N6O+. The average Bonchev–Trinajstić information content (AvgIpc) is 3.30. The first-order valence-corrected chi connectivity index (χ1v) is 9.18. The van der Waals surface area contributed by atoms with Crippen LogP contribution in [0.5, 0.6) is 11.5 Å². The normalized spacial score (nSPS) is 20.0. The molecule has 0 saturated carbocycles. The summed E-state index contributed by atoms with van der Waals surface area (Å²) in [7, 11) is 1.87. The van der Waals surface area contributed by atoms with Crippen LogP contribution >= 0.6 is 0 Å². The molecule has 0 fully saturated rings. The van der Waals surface area contributed by atoms with E-state index in [1.54, 1.807) is 23.3 Å². The average molecular weight is 383 g/mol. The van der Waals surface area contributed by atoms with Gasteiger partial charge in [-0.05, 0) is 36.4 Å². The van der Waals surface area contributed by atoms with Gasteiger partial charge in [0.1, 0.15) is 23.4 Å². The number of nitrogens with two attached hydrogens (primary N) is 1. The molecule has 5 rings (SSSR count). The summed E-state index contributed by atoms with van der Waals surface area (Å²) in [5.41, 5.74) is 3.38. The van der Waals surface area contributed by atoms with E-state index in [4.69, 9.17) is 15.6 Å². The van der Waals surface area contributed by atoms with Crippen LogP contribution in [0.15, 0.2) is 95.1 Å². The van der Waals surface area contributed by atoms with Crippen LogP contribution < -0.4 is 10.6 Å². The fourth-order valence-electron chi connectivity index (χ4n) is 3.43. The number of rotatable bonds is 4. The van der Waals surface area contributed by atoms with Crippen molar-refractivity contribution in [2.45, 2.75) is 0 Å². The van der Waals surface area contributed by atoms with E-state index in [9.17, 15) is 0 Å². The van der Waals surface area contributed by atoms with E-state index in [0.29, 0.717) is 5.84 Å². The van der Waals surface area contributed by atoms with Crippen molar-refractivity contribution in [2.75, 3.05) is 0 Å². The van der Waals surface area contributed by atoms with Gasteiger partial charge in [-0.15, -0.1) is 4.59 Å². The van der Waals surface area contributed by atoms with E-state index in [-0.39, 0.29) is 4.59 Å². The third-order valence-corrected chi connectivity index (χ3v) is 4.86. The number of allylic oxidation sites excluding steroid dienone is 1. The highest BCUT2D eigenvalue weighted by molar-refractivity contribution is 6.06. The van der Waals surface area contributed by atoms with Gasteiger partial charge in [0.15, 0.2) is 0 Å². The summed E-state index contributed by atoms with van der Waals surface area (Å²) in [6.07, 6.45) is 8.97. The van der Waals surface area contributed by atoms with Crippen molar-refractivity contribution in [1.82, 2.24) is 9.78 Å². The van der Waals surface area contributed by atoms with Gasteiger partial charge in [0.25, 0.3) is 5.84 Å². The first-order valence-electron chi connectivity index (χ1n) is 9.18. The molecule has 0 bridgehead atoms. The van der Waals surface area contributed by atoms with E-state index in [1.165, 1.54) is 0 Å². The predicted molar refractivity (Wildman–Crippen MR) is 112 cm³/mol. The standard InChI is InChI=1S/C22H19N6O/c1-27-15-17(13-25-27)21-20-14-24-11-12-28(20,23)22(26-21)16-7-9-19(10-8-16)29-18-5-3-2-4-6-18/h2-15H,23H2,1H3/q+1. The monoisotopic (exact) mass is 383 g/mol. The predicted octanol–water partition coefficient (Wildman–Crippen LogP) is 3.59. The molecule has 0 saturated heterocycles. The number of aromatic nitrogens is 2. The highest BCUT2D eigenvalue weighted by atomic mass is 16.5. The Labute approximate surface area is 168 Å². The van der Waals surface area contributed by atoms with Crippen molar-refractivity contribution >= 4 is 17.7 Å². The lowest BCUT2D eigenvalue weighted by molar-refractivity contribution is -0.749. The molecule has 7 heteroatoms. The third-order valence-electron chi connectivity index (χ3n) is 4.86. The first kappa shape index (κ1) is 17.3. The zero-order chi connectivity index (χ0) is 19.8. The van der Waals surface area contributed by atoms with Gasteiger partial charge >= 0.3 is 0 Å². The summed E-state index contributed by atoms with van der Waals surface area (Å²) in [6, 6.07) is 17.4. The molecule has 2 aliphatic heterocycles. The molecule has 2 aliphatic rings. The highest BCUT2D eigenvalue weighted by Gasteiger charge is 2.44. The minimum absolute atomic E-state index is 0.0351. The largest absolute Gasteiger partial charge is 0.457 e. The van der Waals surface area contributed by atoms with Crippen molar-refractivity contribution in [3.05, 3.63) is 96.2 Å². The molecular weight excluding hydrogens is 364 g/mol. The van der Waals surface area contributed by atoms with Crippen molar-refractivity contribution in [3.8, 4) is 11.5 Å². The van der Waals surface area contributed by atoms with Gasteiger partial charge < -0.3 is 4.74 Å². The zero-order valence-electron chi connectivity index (χ0n) is 15.8. The quantitative estimate of drug-likeness (QED) is 0.552. The molecule has 1 aromatic heterocycles. The first-order chi connectivity index (χ1) is 14.1. The number of hydrogen-bond donors (Lipinski definition) is 1. The molecule has 142 valence electrons. The van der Waals surface area contributed by atoms with Crippen LogP contribution in [0, 0.1) is 0 Å². The summed E-state index contributed by atoms with van der Waals surface area (Å²) in [5.74, 6) is 9.00. The lowest BCUT2D eigenvalue weighted by Crippen LogP contribution is -2.53. The van der Waals surface area contributed by atoms with Crippen LogP contribution in [0.1, 0.15) is 11.1 Å². The number of aliphatic imine (C=N–C) groups is 2. The summed E-state index contributed by atoms with van der Waals surface area (Å²) in [4.78, 5) is 9.14. The summed E-state index contributed by atoms with van der Waals surface area (Å²) >= 11 is 0. The fourth-order valence-corrected chi connectivity index (χ4v) is 3.43. The van der Waals surface area contributed by atoms with Gasteiger partial charge in [0.2, 0.25) is 5.70 Å². The molecule has 0 aliphatic carbocycles. The van der Waals surface area contributed by atoms with Crippen LogP contribution in [0.25, 0.3) is 5.70 Å². The van der Waals surface area contributed by atoms with Crippen molar-refractivity contribution in [3.63, 3.8) is 0 Å². The Kier molecular flexibility index (Phi) is 3.97. The molecule has 1 unspecified atom stereocenters. The van der Waals surface area contributed by atoms with Gasteiger partial charge in [0, 0.05) is 18.8 Å². The van der Waals surface area contributed by atoms with Crippen LogP contribution in [0.3, 0.4) is 0 Å². The Bertz CT molecular complexity index is 1190. The van der Waals surface area contributed by atoms with Crippen molar-refractivity contribution in [2.24, 2.45) is 22.9 Å². The maximum absolute atomic E-state index is 6.75. The maximum Gasteiger partial charge on any atom is 0.265 e. The SMILES string of the molecule is Cn1cc(C2=C3C=NC=C[N+]3(N)C(c3ccc(Oc4ccccc4)cc3)=N2)cn1. The van der Waals surface area contributed by atoms with Crippen LogP contribution in [0.2, 0.25) is 0 Å². The third kappa shape index (κ3) is 2.98. The minimum atomic E-state index is -0.0351. The second-order valence-corrected chi connectivity index (χ2v) is 6.87. The maximum atomic E-state index is 6.75. The Hall–Kier alpha value is -3.81. The Morgan fingerprint density at radius 2 is 1.72 bits per heavy atom. The van der Waals surface area contributed by atoms with Gasteiger partial charge in [-0.2, -0.15) is 15.9 Å². The lowest BCUT2D eigenvalue weighted by atomic mass is 10.1. The van der Waals surface area contributed by atoms with E-state index in [0.717, 1.165) is 34.0 Å². The number of benzene rings is 2. The number of para-hydroxylation sites is 1. The Morgan fingerprint density at radius 3 is 2.45 bits per heavy atom. The van der Waals surface area contributed by atoms with E-state index in [1.807, 2.05) is 74.0 Å². The highest BCUT2D eigenvalue weighted by Crippen LogP contribution is 2.36. The molecule has 0 spiro atoms. The molecule has 0 radical (unpaired) electrons. The molecule has 2 aromatic carbocycles. The van der Waals surface area contributed by atoms with Crippen LogP contribution in [-0.2, 0) is 7.05 Å². The number of quaternary nitrogens is 1. The van der Waals surface area contributed by atoms with Gasteiger partial charge in [0.05, 0.1) is 24.2 Å². The number of ether oxygens (including phenoxy) is 1. The van der Waals surface area contributed by atoms with Crippen LogP contribution in [0.4, 0.5) is 0 Å². The second kappa shape index (κ2) is 6.66. The fraction of sp³-hybridized carbons (Fsp3) is 0.0455. The lowest BCUT2D eigenvalue weighted by Gasteiger charge is -2.26. The molecule has 3 heterocycles. The van der Waals surface area contributed by atoms with E-state index >= 15 is 0 Å². The van der Waals surface area contributed by atoms with Crippen molar-refractivity contribution in [1.29, 1.82) is 0 Å². The molecule has 7 nitrogen and oxygen atoms in total. The molecule has 1 atom stereocenters. The molecule has 3 aromatic rings.